The topological polar surface area (TPSA) is 141 Å². The van der Waals surface area contributed by atoms with Crippen molar-refractivity contribution in [2.45, 2.75) is 77.4 Å². The Morgan fingerprint density at radius 3 is 2.40 bits per heavy atom. The van der Waals surface area contributed by atoms with E-state index in [0.29, 0.717) is 46.4 Å². The highest BCUT2D eigenvalue weighted by molar-refractivity contribution is 6.08. The molecule has 320 valence electrons. The van der Waals surface area contributed by atoms with Gasteiger partial charge in [-0.3, -0.25) is 14.4 Å². The number of anilines is 2. The number of fused-ring (bicyclic) bond motifs is 1. The summed E-state index contributed by atoms with van der Waals surface area (Å²) in [6.45, 7) is 8.24. The first-order valence-electron chi connectivity index (χ1n) is 21.2. The molecule has 0 radical (unpaired) electrons. The molecule has 0 unspecified atom stereocenters. The predicted octanol–water partition coefficient (Wildman–Crippen LogP) is 8.92. The zero-order chi connectivity index (χ0) is 43.5. The standard InChI is InChI=1S/C49H50F2N6O5/c1-30-40(25-34(50)26-43(30)55-48(60)39-16-11-33(24-42(39)51)49(2,3)61)46-41-28-44(54-47(41)53-29-52-46)32-9-7-31(8-10-32)6-4-5-20-56-21-18-38(19-22-56)62-37-14-12-35(13-15-37)57-23-17-36(58)27-45(57)59/h7-16,24-26,28-29,38,61H,4-6,17-23,27H2,1-3H3,(H,55,60)(H,52,53,54). The number of hydrogen-bond acceptors (Lipinski definition) is 8. The van der Waals surface area contributed by atoms with E-state index in [1.807, 2.05) is 30.3 Å². The highest BCUT2D eigenvalue weighted by atomic mass is 19.1. The van der Waals surface area contributed by atoms with Crippen molar-refractivity contribution in [3.05, 3.63) is 125 Å². The van der Waals surface area contributed by atoms with E-state index in [9.17, 15) is 23.9 Å². The number of amides is 2. The molecule has 6 aromatic rings. The molecule has 2 amide bonds. The zero-order valence-corrected chi connectivity index (χ0v) is 35.1. The molecular weight excluding hydrogens is 791 g/mol. The van der Waals surface area contributed by atoms with E-state index in [1.54, 1.807) is 11.8 Å². The van der Waals surface area contributed by atoms with Crippen LogP contribution in [-0.2, 0) is 21.6 Å². The van der Waals surface area contributed by atoms with E-state index in [0.717, 1.165) is 80.5 Å². The van der Waals surface area contributed by atoms with E-state index in [2.05, 4.69) is 49.4 Å². The Labute approximate surface area is 359 Å². The Kier molecular flexibility index (Phi) is 12.3. The number of likely N-dealkylation sites (tertiary alicyclic amines) is 1. The van der Waals surface area contributed by atoms with Crippen LogP contribution in [0.15, 0.2) is 91.3 Å². The number of aryl methyl sites for hydroxylation is 1. The molecule has 0 bridgehead atoms. The van der Waals surface area contributed by atoms with Gasteiger partial charge in [0.25, 0.3) is 5.91 Å². The molecule has 3 N–H and O–H groups in total. The minimum Gasteiger partial charge on any atom is -0.490 e. The predicted molar refractivity (Wildman–Crippen MR) is 235 cm³/mol. The molecule has 11 nitrogen and oxygen atoms in total. The van der Waals surface area contributed by atoms with Crippen LogP contribution in [0.25, 0.3) is 33.5 Å². The van der Waals surface area contributed by atoms with Crippen LogP contribution in [-0.4, -0.2) is 74.8 Å². The molecule has 8 rings (SSSR count). The molecule has 2 aliphatic heterocycles. The second-order valence-electron chi connectivity index (χ2n) is 16.8. The summed E-state index contributed by atoms with van der Waals surface area (Å²) in [7, 11) is 0. The number of aromatic nitrogens is 3. The van der Waals surface area contributed by atoms with Crippen LogP contribution >= 0.6 is 0 Å². The Morgan fingerprint density at radius 2 is 1.69 bits per heavy atom. The molecule has 0 atom stereocenters. The molecule has 0 spiro atoms. The highest BCUT2D eigenvalue weighted by Gasteiger charge is 2.26. The SMILES string of the molecule is Cc1c(NC(=O)c2ccc(C(C)(C)O)cc2F)cc(F)cc1-c1ncnc2[nH]c(-c3ccc(CCCCN4CCC(Oc5ccc(N6CCC(=O)CC6=O)cc5)CC4)cc3)cc12. The fourth-order valence-electron chi connectivity index (χ4n) is 8.28. The zero-order valence-electron chi connectivity index (χ0n) is 35.1. The number of rotatable bonds is 13. The van der Waals surface area contributed by atoms with Crippen LogP contribution in [0.4, 0.5) is 20.2 Å². The van der Waals surface area contributed by atoms with Gasteiger partial charge in [0.15, 0.2) is 0 Å². The number of unbranched alkanes of at least 4 members (excludes halogenated alkanes) is 1. The van der Waals surface area contributed by atoms with Crippen LogP contribution in [0.3, 0.4) is 0 Å². The van der Waals surface area contributed by atoms with E-state index in [4.69, 9.17) is 4.74 Å². The summed E-state index contributed by atoms with van der Waals surface area (Å²) < 4.78 is 36.4. The number of piperidine rings is 2. The minimum atomic E-state index is -1.28. The van der Waals surface area contributed by atoms with Crippen LogP contribution in [0, 0.1) is 18.6 Å². The Balaban J connectivity index is 0.833. The number of aromatic amines is 1. The lowest BCUT2D eigenvalue weighted by Crippen LogP contribution is -2.39. The molecule has 13 heteroatoms. The maximum absolute atomic E-state index is 15.1. The van der Waals surface area contributed by atoms with Crippen molar-refractivity contribution in [3.8, 4) is 28.3 Å². The first-order chi connectivity index (χ1) is 29.8. The molecule has 0 aliphatic carbocycles. The summed E-state index contributed by atoms with van der Waals surface area (Å²) in [5.74, 6) is -1.49. The quantitative estimate of drug-likeness (QED) is 0.0774. The summed E-state index contributed by atoms with van der Waals surface area (Å²) in [5, 5.41) is 13.6. The maximum atomic E-state index is 15.1. The lowest BCUT2D eigenvalue weighted by atomic mass is 9.96. The number of aliphatic hydroxyl groups is 1. The van der Waals surface area contributed by atoms with Crippen molar-refractivity contribution in [3.63, 3.8) is 0 Å². The third-order valence-corrected chi connectivity index (χ3v) is 11.9. The van der Waals surface area contributed by atoms with Gasteiger partial charge in [0.1, 0.15) is 41.2 Å². The molecule has 4 heterocycles. The van der Waals surface area contributed by atoms with Gasteiger partial charge in [0.2, 0.25) is 5.91 Å². The second-order valence-corrected chi connectivity index (χ2v) is 16.8. The number of halogens is 2. The van der Waals surface area contributed by atoms with Crippen molar-refractivity contribution >= 4 is 40.0 Å². The fourth-order valence-corrected chi connectivity index (χ4v) is 8.28. The summed E-state index contributed by atoms with van der Waals surface area (Å²) in [6.07, 6.45) is 6.99. The highest BCUT2D eigenvalue weighted by Crippen LogP contribution is 2.35. The molecular formula is C49H50F2N6O5. The number of carbonyl (C=O) groups is 3. The van der Waals surface area contributed by atoms with Crippen LogP contribution < -0.4 is 15.0 Å². The Morgan fingerprint density at radius 1 is 0.935 bits per heavy atom. The molecule has 2 aliphatic rings. The number of Topliss-reactive ketones (excluding diaryl/α,β-unsaturated/α-hetero) is 1. The first kappa shape index (κ1) is 42.4. The van der Waals surface area contributed by atoms with Crippen LogP contribution in [0.1, 0.15) is 79.4 Å². The number of hydrogen-bond donors (Lipinski definition) is 3. The number of benzene rings is 4. The summed E-state index contributed by atoms with van der Waals surface area (Å²) in [5.41, 5.74) is 4.91. The Bertz CT molecular complexity index is 2610. The number of ether oxygens (including phenoxy) is 1. The van der Waals surface area contributed by atoms with Gasteiger partial charge >= 0.3 is 0 Å². The van der Waals surface area contributed by atoms with E-state index < -0.39 is 23.1 Å². The largest absolute Gasteiger partial charge is 0.490 e. The van der Waals surface area contributed by atoms with Gasteiger partial charge in [0.05, 0.1) is 23.3 Å². The summed E-state index contributed by atoms with van der Waals surface area (Å²) >= 11 is 0. The minimum absolute atomic E-state index is 0.000429. The van der Waals surface area contributed by atoms with Gasteiger partial charge in [-0.15, -0.1) is 0 Å². The van der Waals surface area contributed by atoms with Gasteiger partial charge in [-0.1, -0.05) is 30.3 Å². The average molecular weight is 841 g/mol. The van der Waals surface area contributed by atoms with Gasteiger partial charge in [-0.2, -0.15) is 0 Å². The van der Waals surface area contributed by atoms with Crippen molar-refractivity contribution in [1.29, 1.82) is 0 Å². The molecule has 0 saturated carbocycles. The lowest BCUT2D eigenvalue weighted by Gasteiger charge is -2.32. The number of nitrogens with zero attached hydrogens (tertiary/aromatic N) is 4. The van der Waals surface area contributed by atoms with Crippen molar-refractivity contribution in [2.24, 2.45) is 0 Å². The molecule has 4 aromatic carbocycles. The van der Waals surface area contributed by atoms with Gasteiger partial charge in [-0.05, 0) is 136 Å². The second kappa shape index (κ2) is 18.0. The van der Waals surface area contributed by atoms with Gasteiger partial charge < -0.3 is 29.9 Å². The van der Waals surface area contributed by atoms with E-state index in [1.165, 1.54) is 50.0 Å². The lowest BCUT2D eigenvalue weighted by molar-refractivity contribution is -0.128. The number of nitrogens with one attached hydrogen (secondary N) is 2. The smallest absolute Gasteiger partial charge is 0.258 e. The van der Waals surface area contributed by atoms with Crippen LogP contribution in [0.2, 0.25) is 0 Å². The number of carbonyl (C=O) groups excluding carboxylic acids is 3. The van der Waals surface area contributed by atoms with Gasteiger partial charge in [-0.25, -0.2) is 18.7 Å². The van der Waals surface area contributed by atoms with Crippen molar-refractivity contribution < 1.29 is 33.0 Å². The van der Waals surface area contributed by atoms with Gasteiger partial charge in [0, 0.05) is 54.1 Å². The monoisotopic (exact) mass is 840 g/mol. The third-order valence-electron chi connectivity index (χ3n) is 11.9. The van der Waals surface area contributed by atoms with Crippen LogP contribution in [0.5, 0.6) is 5.75 Å². The maximum Gasteiger partial charge on any atom is 0.258 e. The molecule has 2 fully saturated rings. The Hall–Kier alpha value is -6.31. The summed E-state index contributed by atoms with van der Waals surface area (Å²) in [6, 6.07) is 24.5. The normalized spacial score (nSPS) is 15.4. The first-order valence-corrected chi connectivity index (χ1v) is 21.2. The number of H-pyrrole nitrogens is 1. The van der Waals surface area contributed by atoms with Crippen molar-refractivity contribution in [1.82, 2.24) is 19.9 Å². The average Bonchev–Trinajstić information content (AvgIpc) is 3.69. The molecule has 2 aromatic heterocycles. The molecule has 62 heavy (non-hydrogen) atoms. The summed E-state index contributed by atoms with van der Waals surface area (Å²) in [4.78, 5) is 53.5. The fraction of sp³-hybridized carbons (Fsp3) is 0.327. The third kappa shape index (κ3) is 9.59. The van der Waals surface area contributed by atoms with E-state index >= 15 is 4.39 Å². The number of ketones is 1. The van der Waals surface area contributed by atoms with Crippen molar-refractivity contribution in [2.75, 3.05) is 36.4 Å². The molecule has 2 saturated heterocycles. The van der Waals surface area contributed by atoms with E-state index in [-0.39, 0.29) is 35.5 Å².